The fourth-order valence-corrected chi connectivity index (χ4v) is 1.30. The van der Waals surface area contributed by atoms with Crippen LogP contribution in [0.15, 0.2) is 30.3 Å². The van der Waals surface area contributed by atoms with E-state index < -0.39 is 0 Å². The zero-order valence-corrected chi connectivity index (χ0v) is 9.75. The molecule has 0 heterocycles. The van der Waals surface area contributed by atoms with E-state index in [9.17, 15) is 4.79 Å². The fourth-order valence-electron chi connectivity index (χ4n) is 1.30. The van der Waals surface area contributed by atoms with Gasteiger partial charge in [-0.1, -0.05) is 30.3 Å². The van der Waals surface area contributed by atoms with Gasteiger partial charge in [-0.15, -0.1) is 12.4 Å². The second kappa shape index (κ2) is 6.43. The molecule has 0 aliphatic rings. The van der Waals surface area contributed by atoms with E-state index in [4.69, 9.17) is 5.73 Å². The summed E-state index contributed by atoms with van der Waals surface area (Å²) in [6, 6.07) is 9.79. The van der Waals surface area contributed by atoms with E-state index in [0.29, 0.717) is 0 Å². The average molecular weight is 229 g/mol. The highest BCUT2D eigenvalue weighted by molar-refractivity contribution is 5.85. The summed E-state index contributed by atoms with van der Waals surface area (Å²) in [5, 5.41) is 3.12. The number of primary amides is 1. The van der Waals surface area contributed by atoms with Crippen LogP contribution in [-0.2, 0) is 4.79 Å². The Bertz CT molecular complexity index is 303. The molecule has 1 aromatic rings. The maximum atomic E-state index is 10.8. The van der Waals surface area contributed by atoms with E-state index in [1.807, 2.05) is 37.3 Å². The summed E-state index contributed by atoms with van der Waals surface area (Å²) >= 11 is 0. The first-order valence-corrected chi connectivity index (χ1v) is 4.71. The normalized spacial score (nSPS) is 13.7. The molecule has 0 aliphatic carbocycles. The lowest BCUT2D eigenvalue weighted by molar-refractivity contribution is -0.119. The zero-order chi connectivity index (χ0) is 10.6. The molecule has 0 radical (unpaired) electrons. The van der Waals surface area contributed by atoms with Gasteiger partial charge in [-0.25, -0.2) is 0 Å². The molecule has 1 amide bonds. The first-order chi connectivity index (χ1) is 6.61. The number of rotatable bonds is 4. The van der Waals surface area contributed by atoms with Gasteiger partial charge >= 0.3 is 0 Å². The van der Waals surface area contributed by atoms with Gasteiger partial charge in [0.15, 0.2) is 0 Å². The Kier molecular flexibility index (Phi) is 5.97. The molecule has 15 heavy (non-hydrogen) atoms. The van der Waals surface area contributed by atoms with Gasteiger partial charge in [0.25, 0.3) is 0 Å². The van der Waals surface area contributed by atoms with E-state index in [2.05, 4.69) is 5.32 Å². The first kappa shape index (κ1) is 13.9. The number of hydrogen-bond acceptors (Lipinski definition) is 2. The van der Waals surface area contributed by atoms with Crippen molar-refractivity contribution in [2.24, 2.45) is 5.73 Å². The summed E-state index contributed by atoms with van der Waals surface area (Å²) < 4.78 is 0. The van der Waals surface area contributed by atoms with Gasteiger partial charge in [-0.2, -0.15) is 0 Å². The Hall–Kier alpha value is -1.06. The molecule has 0 aliphatic heterocycles. The molecular weight excluding hydrogens is 212 g/mol. The van der Waals surface area contributed by atoms with Crippen molar-refractivity contribution in [3.05, 3.63) is 35.9 Å². The molecule has 1 aromatic carbocycles. The van der Waals surface area contributed by atoms with Gasteiger partial charge in [0.2, 0.25) is 5.91 Å². The lowest BCUT2D eigenvalue weighted by Gasteiger charge is -2.17. The van der Waals surface area contributed by atoms with Crippen LogP contribution in [0.5, 0.6) is 0 Å². The zero-order valence-electron chi connectivity index (χ0n) is 8.94. The Balaban J connectivity index is 0.00000196. The standard InChI is InChI=1S/C11H16N2O.ClH/c1-8(13-9(2)11(12)14)10-6-4-3-5-7-10;/h3-9,13H,1-2H3,(H2,12,14);1H/t8-,9+;/m1./s1. The van der Waals surface area contributed by atoms with Crippen molar-refractivity contribution < 1.29 is 4.79 Å². The van der Waals surface area contributed by atoms with Gasteiger partial charge in [0, 0.05) is 6.04 Å². The van der Waals surface area contributed by atoms with Crippen molar-refractivity contribution in [1.82, 2.24) is 5.32 Å². The Labute approximate surface area is 96.5 Å². The van der Waals surface area contributed by atoms with Crippen LogP contribution in [-0.4, -0.2) is 11.9 Å². The van der Waals surface area contributed by atoms with E-state index >= 15 is 0 Å². The lowest BCUT2D eigenvalue weighted by Crippen LogP contribution is -2.39. The van der Waals surface area contributed by atoms with Crippen LogP contribution < -0.4 is 11.1 Å². The highest BCUT2D eigenvalue weighted by Gasteiger charge is 2.12. The van der Waals surface area contributed by atoms with Crippen LogP contribution in [0.2, 0.25) is 0 Å². The second-order valence-electron chi connectivity index (χ2n) is 3.42. The number of amides is 1. The first-order valence-electron chi connectivity index (χ1n) is 4.71. The smallest absolute Gasteiger partial charge is 0.234 e. The predicted octanol–water partition coefficient (Wildman–Crippen LogP) is 1.63. The quantitative estimate of drug-likeness (QED) is 0.823. The summed E-state index contributed by atoms with van der Waals surface area (Å²) in [4.78, 5) is 10.8. The van der Waals surface area contributed by atoms with Gasteiger partial charge < -0.3 is 5.73 Å². The third-order valence-electron chi connectivity index (χ3n) is 2.23. The molecule has 3 nitrogen and oxygen atoms in total. The van der Waals surface area contributed by atoms with Crippen LogP contribution in [0.25, 0.3) is 0 Å². The van der Waals surface area contributed by atoms with Crippen molar-refractivity contribution in [3.8, 4) is 0 Å². The maximum absolute atomic E-state index is 10.8. The molecule has 0 saturated heterocycles. The summed E-state index contributed by atoms with van der Waals surface area (Å²) in [5.41, 5.74) is 6.31. The summed E-state index contributed by atoms with van der Waals surface area (Å²) in [6.45, 7) is 3.77. The molecular formula is C11H17ClN2O. The molecule has 2 atom stereocenters. The van der Waals surface area contributed by atoms with E-state index in [1.165, 1.54) is 0 Å². The molecule has 0 aromatic heterocycles. The number of nitrogens with one attached hydrogen (secondary N) is 1. The fraction of sp³-hybridized carbons (Fsp3) is 0.364. The molecule has 0 spiro atoms. The van der Waals surface area contributed by atoms with Crippen molar-refractivity contribution in [2.75, 3.05) is 0 Å². The molecule has 0 fully saturated rings. The Morgan fingerprint density at radius 3 is 2.27 bits per heavy atom. The molecule has 1 rings (SSSR count). The number of carbonyl (C=O) groups is 1. The van der Waals surface area contributed by atoms with Crippen LogP contribution >= 0.6 is 12.4 Å². The lowest BCUT2D eigenvalue weighted by atomic mass is 10.1. The Morgan fingerprint density at radius 1 is 1.27 bits per heavy atom. The minimum atomic E-state index is -0.326. The summed E-state index contributed by atoms with van der Waals surface area (Å²) in [7, 11) is 0. The highest BCUT2D eigenvalue weighted by atomic mass is 35.5. The van der Waals surface area contributed by atoms with Gasteiger partial charge in [-0.3, -0.25) is 10.1 Å². The van der Waals surface area contributed by atoms with Crippen molar-refractivity contribution in [3.63, 3.8) is 0 Å². The van der Waals surface area contributed by atoms with Gasteiger partial charge in [0.05, 0.1) is 6.04 Å². The monoisotopic (exact) mass is 228 g/mol. The van der Waals surface area contributed by atoms with Crippen molar-refractivity contribution >= 4 is 18.3 Å². The van der Waals surface area contributed by atoms with Crippen molar-refractivity contribution in [2.45, 2.75) is 25.9 Å². The minimum Gasteiger partial charge on any atom is -0.368 e. The SMILES string of the molecule is C[C@H](N[C@H](C)c1ccccc1)C(N)=O.Cl. The van der Waals surface area contributed by atoms with Crippen molar-refractivity contribution in [1.29, 1.82) is 0 Å². The predicted molar refractivity (Wildman–Crippen MR) is 63.9 cm³/mol. The third kappa shape index (κ3) is 4.32. The summed E-state index contributed by atoms with van der Waals surface area (Å²) in [5.74, 6) is -0.326. The van der Waals surface area contributed by atoms with Crippen LogP contribution in [0.3, 0.4) is 0 Å². The number of benzene rings is 1. The third-order valence-corrected chi connectivity index (χ3v) is 2.23. The van der Waals surface area contributed by atoms with E-state index in [0.717, 1.165) is 5.56 Å². The van der Waals surface area contributed by atoms with E-state index in [-0.39, 0.29) is 30.4 Å². The molecule has 4 heteroatoms. The molecule has 0 unspecified atom stereocenters. The minimum absolute atomic E-state index is 0. The topological polar surface area (TPSA) is 55.1 Å². The average Bonchev–Trinajstić information content (AvgIpc) is 2.19. The Morgan fingerprint density at radius 2 is 1.80 bits per heavy atom. The number of hydrogen-bond donors (Lipinski definition) is 2. The molecule has 84 valence electrons. The molecule has 3 N–H and O–H groups in total. The van der Waals surface area contributed by atoms with Gasteiger partial charge in [-0.05, 0) is 19.4 Å². The van der Waals surface area contributed by atoms with Crippen LogP contribution in [0.4, 0.5) is 0 Å². The van der Waals surface area contributed by atoms with Crippen LogP contribution in [0.1, 0.15) is 25.5 Å². The number of nitrogens with two attached hydrogens (primary N) is 1. The number of carbonyl (C=O) groups excluding carboxylic acids is 1. The number of halogens is 1. The van der Waals surface area contributed by atoms with E-state index in [1.54, 1.807) is 6.92 Å². The second-order valence-corrected chi connectivity index (χ2v) is 3.42. The van der Waals surface area contributed by atoms with Crippen LogP contribution in [0, 0.1) is 0 Å². The molecule has 0 saturated carbocycles. The maximum Gasteiger partial charge on any atom is 0.234 e. The van der Waals surface area contributed by atoms with Gasteiger partial charge in [0.1, 0.15) is 0 Å². The summed E-state index contributed by atoms with van der Waals surface area (Å²) in [6.07, 6.45) is 0. The molecule has 0 bridgehead atoms. The largest absolute Gasteiger partial charge is 0.368 e. The highest BCUT2D eigenvalue weighted by Crippen LogP contribution is 2.11.